The summed E-state index contributed by atoms with van der Waals surface area (Å²) in [6.07, 6.45) is 0. The predicted molar refractivity (Wildman–Crippen MR) is 45.8 cm³/mol. The molecule has 0 atom stereocenters. The Hall–Kier alpha value is -1.91. The monoisotopic (exact) mass is 180 g/mol. The largest absolute Gasteiger partial charge is 0.454 e. The highest BCUT2D eigenvalue weighted by molar-refractivity contribution is 5.90. The Morgan fingerprint density at radius 3 is 3.08 bits per heavy atom. The normalized spacial score (nSPS) is 12.6. The Bertz CT molecular complexity index is 351. The highest BCUT2D eigenvalue weighted by atomic mass is 16.7. The smallest absolute Gasteiger partial charge is 0.316 e. The standard InChI is InChI=1S/C8H8N2O3/c9-8(11)10-5-2-1-3-6-7(5)13-4-12-6/h1-3H,4H2,(H3,9,10,11). The quantitative estimate of drug-likeness (QED) is 0.674. The molecule has 68 valence electrons. The third-order valence-electron chi connectivity index (χ3n) is 1.65. The molecule has 5 heteroatoms. The van der Waals surface area contributed by atoms with E-state index < -0.39 is 6.03 Å². The first-order valence-corrected chi connectivity index (χ1v) is 3.72. The van der Waals surface area contributed by atoms with Crippen molar-refractivity contribution in [3.05, 3.63) is 18.2 Å². The number of nitrogens with one attached hydrogen (secondary N) is 1. The Labute approximate surface area is 74.4 Å². The van der Waals surface area contributed by atoms with Crippen LogP contribution in [0.15, 0.2) is 18.2 Å². The van der Waals surface area contributed by atoms with Gasteiger partial charge in [0.25, 0.3) is 0 Å². The number of fused-ring (bicyclic) bond motifs is 1. The lowest BCUT2D eigenvalue weighted by Gasteiger charge is -2.04. The van der Waals surface area contributed by atoms with E-state index in [0.29, 0.717) is 17.2 Å². The molecule has 1 aromatic carbocycles. The second-order valence-corrected chi connectivity index (χ2v) is 2.53. The highest BCUT2D eigenvalue weighted by Gasteiger charge is 2.17. The van der Waals surface area contributed by atoms with Crippen molar-refractivity contribution >= 4 is 11.7 Å². The summed E-state index contributed by atoms with van der Waals surface area (Å²) in [6.45, 7) is 0.173. The maximum absolute atomic E-state index is 10.6. The molecule has 1 aliphatic rings. The molecule has 1 aromatic rings. The minimum Gasteiger partial charge on any atom is -0.454 e. The van der Waals surface area contributed by atoms with Crippen LogP contribution in [0, 0.1) is 0 Å². The van der Waals surface area contributed by atoms with Gasteiger partial charge in [-0.05, 0) is 12.1 Å². The lowest BCUT2D eigenvalue weighted by Crippen LogP contribution is -2.19. The average Bonchev–Trinajstić information content (AvgIpc) is 2.51. The van der Waals surface area contributed by atoms with E-state index in [1.54, 1.807) is 18.2 Å². The Kier molecular flexibility index (Phi) is 1.70. The molecule has 0 saturated heterocycles. The van der Waals surface area contributed by atoms with Crippen LogP contribution >= 0.6 is 0 Å². The second kappa shape index (κ2) is 2.85. The number of nitrogens with two attached hydrogens (primary N) is 1. The van der Waals surface area contributed by atoms with E-state index in [9.17, 15) is 4.79 Å². The van der Waals surface area contributed by atoms with Crippen LogP contribution in [0.2, 0.25) is 0 Å². The summed E-state index contributed by atoms with van der Waals surface area (Å²) in [5.41, 5.74) is 5.50. The van der Waals surface area contributed by atoms with Gasteiger partial charge in [-0.1, -0.05) is 6.07 Å². The van der Waals surface area contributed by atoms with Crippen LogP contribution in [-0.2, 0) is 0 Å². The van der Waals surface area contributed by atoms with E-state index >= 15 is 0 Å². The molecule has 3 N–H and O–H groups in total. The number of urea groups is 1. The number of ether oxygens (including phenoxy) is 2. The molecule has 0 unspecified atom stereocenters. The van der Waals surface area contributed by atoms with Crippen molar-refractivity contribution < 1.29 is 14.3 Å². The number of hydrogen-bond donors (Lipinski definition) is 2. The molecule has 0 fully saturated rings. The first kappa shape index (κ1) is 7.72. The molecular formula is C8H8N2O3. The third kappa shape index (κ3) is 1.35. The van der Waals surface area contributed by atoms with Crippen LogP contribution in [0.4, 0.5) is 10.5 Å². The molecule has 0 aliphatic carbocycles. The molecule has 2 rings (SSSR count). The third-order valence-corrected chi connectivity index (χ3v) is 1.65. The Balaban J connectivity index is 2.36. The summed E-state index contributed by atoms with van der Waals surface area (Å²) in [5, 5.41) is 2.44. The van der Waals surface area contributed by atoms with Gasteiger partial charge in [-0.2, -0.15) is 0 Å². The molecule has 5 nitrogen and oxygen atoms in total. The van der Waals surface area contributed by atoms with E-state index in [1.165, 1.54) is 0 Å². The average molecular weight is 180 g/mol. The summed E-state index contributed by atoms with van der Waals surface area (Å²) in [4.78, 5) is 10.6. The number of benzene rings is 1. The van der Waals surface area contributed by atoms with Gasteiger partial charge in [-0.25, -0.2) is 4.79 Å². The molecule has 2 amide bonds. The highest BCUT2D eigenvalue weighted by Crippen LogP contribution is 2.38. The number of para-hydroxylation sites is 1. The van der Waals surface area contributed by atoms with Gasteiger partial charge in [0, 0.05) is 0 Å². The van der Waals surface area contributed by atoms with Crippen LogP contribution < -0.4 is 20.5 Å². The van der Waals surface area contributed by atoms with Crippen molar-refractivity contribution in [3.8, 4) is 11.5 Å². The Morgan fingerprint density at radius 2 is 2.31 bits per heavy atom. The second-order valence-electron chi connectivity index (χ2n) is 2.53. The fourth-order valence-electron chi connectivity index (χ4n) is 1.16. The molecule has 0 aromatic heterocycles. The van der Waals surface area contributed by atoms with Crippen molar-refractivity contribution in [1.82, 2.24) is 0 Å². The van der Waals surface area contributed by atoms with Gasteiger partial charge in [0.05, 0.1) is 5.69 Å². The van der Waals surface area contributed by atoms with E-state index in [1.807, 2.05) is 0 Å². The topological polar surface area (TPSA) is 73.6 Å². The fourth-order valence-corrected chi connectivity index (χ4v) is 1.16. The van der Waals surface area contributed by atoms with Crippen molar-refractivity contribution in [2.45, 2.75) is 0 Å². The first-order chi connectivity index (χ1) is 6.27. The van der Waals surface area contributed by atoms with Gasteiger partial charge in [0.1, 0.15) is 0 Å². The van der Waals surface area contributed by atoms with E-state index in [4.69, 9.17) is 15.2 Å². The first-order valence-electron chi connectivity index (χ1n) is 3.72. The molecular weight excluding hydrogens is 172 g/mol. The molecule has 1 aliphatic heterocycles. The summed E-state index contributed by atoms with van der Waals surface area (Å²) in [6, 6.07) is 4.58. The molecule has 0 radical (unpaired) electrons. The number of carbonyl (C=O) groups excluding carboxylic acids is 1. The van der Waals surface area contributed by atoms with Crippen molar-refractivity contribution in [2.24, 2.45) is 5.73 Å². The molecule has 1 heterocycles. The summed E-state index contributed by atoms with van der Waals surface area (Å²) < 4.78 is 10.2. The van der Waals surface area contributed by atoms with Crippen LogP contribution in [0.3, 0.4) is 0 Å². The van der Waals surface area contributed by atoms with Gasteiger partial charge in [0.15, 0.2) is 11.5 Å². The molecule has 0 spiro atoms. The number of rotatable bonds is 1. The fraction of sp³-hybridized carbons (Fsp3) is 0.125. The number of carbonyl (C=O) groups is 1. The van der Waals surface area contributed by atoms with E-state index in [-0.39, 0.29) is 6.79 Å². The molecule has 13 heavy (non-hydrogen) atoms. The van der Waals surface area contributed by atoms with Crippen molar-refractivity contribution in [3.63, 3.8) is 0 Å². The summed E-state index contributed by atoms with van der Waals surface area (Å²) in [7, 11) is 0. The zero-order valence-corrected chi connectivity index (χ0v) is 6.74. The minimum absolute atomic E-state index is 0.173. The summed E-state index contributed by atoms with van der Waals surface area (Å²) in [5.74, 6) is 1.15. The SMILES string of the molecule is NC(=O)Nc1cccc2c1OCO2. The van der Waals surface area contributed by atoms with Crippen LogP contribution in [0.25, 0.3) is 0 Å². The summed E-state index contributed by atoms with van der Waals surface area (Å²) >= 11 is 0. The van der Waals surface area contributed by atoms with E-state index in [2.05, 4.69) is 5.32 Å². The zero-order valence-electron chi connectivity index (χ0n) is 6.74. The number of primary amides is 1. The maximum atomic E-state index is 10.6. The number of hydrogen-bond acceptors (Lipinski definition) is 3. The lowest BCUT2D eigenvalue weighted by molar-refractivity contribution is 0.174. The van der Waals surface area contributed by atoms with Gasteiger partial charge < -0.3 is 20.5 Å². The van der Waals surface area contributed by atoms with Crippen LogP contribution in [-0.4, -0.2) is 12.8 Å². The number of anilines is 1. The van der Waals surface area contributed by atoms with Crippen molar-refractivity contribution in [2.75, 3.05) is 12.1 Å². The van der Waals surface area contributed by atoms with Gasteiger partial charge in [0.2, 0.25) is 6.79 Å². The minimum atomic E-state index is -0.621. The van der Waals surface area contributed by atoms with Crippen LogP contribution in [0.1, 0.15) is 0 Å². The Morgan fingerprint density at radius 1 is 1.46 bits per heavy atom. The zero-order chi connectivity index (χ0) is 9.26. The predicted octanol–water partition coefficient (Wildman–Crippen LogP) is 0.906. The van der Waals surface area contributed by atoms with Gasteiger partial charge >= 0.3 is 6.03 Å². The van der Waals surface area contributed by atoms with E-state index in [0.717, 1.165) is 0 Å². The maximum Gasteiger partial charge on any atom is 0.316 e. The molecule has 0 saturated carbocycles. The lowest BCUT2D eigenvalue weighted by atomic mass is 10.3. The number of amides is 2. The van der Waals surface area contributed by atoms with Crippen LogP contribution in [0.5, 0.6) is 11.5 Å². The molecule has 0 bridgehead atoms. The van der Waals surface area contributed by atoms with Crippen molar-refractivity contribution in [1.29, 1.82) is 0 Å². The van der Waals surface area contributed by atoms with Gasteiger partial charge in [-0.3, -0.25) is 0 Å². The van der Waals surface area contributed by atoms with Gasteiger partial charge in [-0.15, -0.1) is 0 Å².